The van der Waals surface area contributed by atoms with E-state index in [9.17, 15) is 9.59 Å². The number of amidine groups is 1. The Balaban J connectivity index is 2.11. The standard InChI is InChI=1S/C19H25N5O2/c1-6-15(25)22-13-9-7-12(8-10-13)18(26)23-17(20)14-11-24(5)19(2,3)16(14)21-4/h6-10,21H,1,11H2,2-5H3,(H,22,25)(H2,20,23,26). The molecular formula is C19H25N5O2. The normalized spacial score (nSPS) is 16.2. The van der Waals surface area contributed by atoms with Crippen molar-refractivity contribution in [3.63, 3.8) is 0 Å². The maximum absolute atomic E-state index is 12.4. The minimum absolute atomic E-state index is 0.0841. The molecule has 0 spiro atoms. The molecule has 1 aromatic carbocycles. The summed E-state index contributed by atoms with van der Waals surface area (Å²) in [6, 6.07) is 6.45. The highest BCUT2D eigenvalue weighted by Gasteiger charge is 2.38. The van der Waals surface area contributed by atoms with E-state index in [1.807, 2.05) is 14.1 Å². The third-order valence-corrected chi connectivity index (χ3v) is 4.65. The molecular weight excluding hydrogens is 330 g/mol. The molecule has 1 aliphatic rings. The summed E-state index contributed by atoms with van der Waals surface area (Å²) in [4.78, 5) is 25.8. The molecule has 7 heteroatoms. The molecule has 0 radical (unpaired) electrons. The molecule has 0 aromatic heterocycles. The smallest absolute Gasteiger partial charge is 0.256 e. The number of hydrogen-bond donors (Lipinski definition) is 4. The first-order chi connectivity index (χ1) is 12.2. The van der Waals surface area contributed by atoms with Gasteiger partial charge < -0.3 is 16.0 Å². The van der Waals surface area contributed by atoms with Crippen molar-refractivity contribution >= 4 is 23.3 Å². The lowest BCUT2D eigenvalue weighted by Crippen LogP contribution is -2.41. The average molecular weight is 355 g/mol. The van der Waals surface area contributed by atoms with Gasteiger partial charge >= 0.3 is 0 Å². The summed E-state index contributed by atoms with van der Waals surface area (Å²) in [5, 5.41) is 16.7. The number of nitrogens with one attached hydrogen (secondary N) is 4. The van der Waals surface area contributed by atoms with Crippen molar-refractivity contribution < 1.29 is 9.59 Å². The van der Waals surface area contributed by atoms with Gasteiger partial charge in [-0.1, -0.05) is 6.58 Å². The van der Waals surface area contributed by atoms with Crippen molar-refractivity contribution in [2.24, 2.45) is 0 Å². The van der Waals surface area contributed by atoms with E-state index in [2.05, 4.69) is 41.3 Å². The van der Waals surface area contributed by atoms with Crippen LogP contribution in [0.1, 0.15) is 24.2 Å². The summed E-state index contributed by atoms with van der Waals surface area (Å²) in [5.41, 5.74) is 2.44. The molecule has 7 nitrogen and oxygen atoms in total. The molecule has 138 valence electrons. The molecule has 0 saturated carbocycles. The Kier molecular flexibility index (Phi) is 5.62. The number of hydrogen-bond acceptors (Lipinski definition) is 5. The van der Waals surface area contributed by atoms with Gasteiger partial charge in [0.25, 0.3) is 5.91 Å². The van der Waals surface area contributed by atoms with Crippen LogP contribution < -0.4 is 16.0 Å². The van der Waals surface area contributed by atoms with Crippen LogP contribution in [0.3, 0.4) is 0 Å². The fraction of sp³-hybridized carbons (Fsp3) is 0.316. The fourth-order valence-electron chi connectivity index (χ4n) is 2.89. The van der Waals surface area contributed by atoms with Crippen molar-refractivity contribution in [2.75, 3.05) is 26.0 Å². The second-order valence-corrected chi connectivity index (χ2v) is 6.62. The Morgan fingerprint density at radius 2 is 1.88 bits per heavy atom. The lowest BCUT2D eigenvalue weighted by molar-refractivity contribution is -0.111. The molecule has 0 saturated heterocycles. The first-order valence-corrected chi connectivity index (χ1v) is 8.27. The molecule has 1 heterocycles. The molecule has 0 bridgehead atoms. The minimum Gasteiger partial charge on any atom is -0.390 e. The second kappa shape index (κ2) is 7.53. The number of anilines is 1. The first kappa shape index (κ1) is 19.4. The molecule has 2 rings (SSSR count). The summed E-state index contributed by atoms with van der Waals surface area (Å²) in [7, 11) is 3.80. The highest BCUT2D eigenvalue weighted by molar-refractivity contribution is 6.12. The van der Waals surface area contributed by atoms with Crippen LogP contribution in [0, 0.1) is 5.41 Å². The summed E-state index contributed by atoms with van der Waals surface area (Å²) < 4.78 is 0. The van der Waals surface area contributed by atoms with E-state index >= 15 is 0 Å². The molecule has 0 atom stereocenters. The zero-order valence-electron chi connectivity index (χ0n) is 15.6. The Bertz CT molecular complexity index is 778. The van der Waals surface area contributed by atoms with Crippen molar-refractivity contribution in [3.8, 4) is 0 Å². The molecule has 0 aliphatic carbocycles. The van der Waals surface area contributed by atoms with Crippen LogP contribution >= 0.6 is 0 Å². The molecule has 26 heavy (non-hydrogen) atoms. The number of amides is 2. The van der Waals surface area contributed by atoms with Crippen LogP contribution in [-0.2, 0) is 4.79 Å². The molecule has 4 N–H and O–H groups in total. The van der Waals surface area contributed by atoms with Crippen molar-refractivity contribution in [2.45, 2.75) is 19.4 Å². The van der Waals surface area contributed by atoms with Gasteiger partial charge in [-0.05, 0) is 51.2 Å². The largest absolute Gasteiger partial charge is 0.390 e. The quantitative estimate of drug-likeness (QED) is 0.367. The van der Waals surface area contributed by atoms with Crippen LogP contribution in [0.4, 0.5) is 5.69 Å². The fourth-order valence-corrected chi connectivity index (χ4v) is 2.89. The number of nitrogens with zero attached hydrogens (tertiary/aromatic N) is 1. The van der Waals surface area contributed by atoms with Gasteiger partial charge in [-0.3, -0.25) is 19.9 Å². The van der Waals surface area contributed by atoms with E-state index in [-0.39, 0.29) is 23.2 Å². The first-order valence-electron chi connectivity index (χ1n) is 8.27. The van der Waals surface area contributed by atoms with Crippen LogP contribution in [0.15, 0.2) is 48.2 Å². The molecule has 1 aromatic rings. The van der Waals surface area contributed by atoms with Gasteiger partial charge in [0.1, 0.15) is 5.84 Å². The van der Waals surface area contributed by atoms with Crippen LogP contribution in [0.2, 0.25) is 0 Å². The minimum atomic E-state index is -0.369. The topological polar surface area (TPSA) is 97.3 Å². The van der Waals surface area contributed by atoms with E-state index in [4.69, 9.17) is 5.41 Å². The van der Waals surface area contributed by atoms with Gasteiger partial charge in [-0.25, -0.2) is 0 Å². The number of carbonyl (C=O) groups excluding carboxylic acids is 2. The monoisotopic (exact) mass is 355 g/mol. The lowest BCUT2D eigenvalue weighted by Gasteiger charge is -2.30. The Hall–Kier alpha value is -2.93. The zero-order chi connectivity index (χ0) is 19.5. The summed E-state index contributed by atoms with van der Waals surface area (Å²) in [6.07, 6.45) is 1.18. The Morgan fingerprint density at radius 1 is 1.27 bits per heavy atom. The van der Waals surface area contributed by atoms with Gasteiger partial charge in [0.05, 0.1) is 5.54 Å². The number of carbonyl (C=O) groups is 2. The second-order valence-electron chi connectivity index (χ2n) is 6.62. The van der Waals surface area contributed by atoms with Gasteiger partial charge in [0.15, 0.2) is 0 Å². The van der Waals surface area contributed by atoms with Gasteiger partial charge in [0.2, 0.25) is 5.91 Å². The average Bonchev–Trinajstić information content (AvgIpc) is 2.84. The summed E-state index contributed by atoms with van der Waals surface area (Å²) in [5.74, 6) is -0.601. The van der Waals surface area contributed by atoms with Gasteiger partial charge in [-0.15, -0.1) is 0 Å². The van der Waals surface area contributed by atoms with Crippen LogP contribution in [0.25, 0.3) is 0 Å². The van der Waals surface area contributed by atoms with Crippen LogP contribution in [-0.4, -0.2) is 48.7 Å². The SMILES string of the molecule is C=CC(=O)Nc1ccc(C(=O)NC(=N)C2=C(NC)C(C)(C)N(C)C2)cc1. The molecule has 2 amide bonds. The molecule has 0 fully saturated rings. The number of rotatable bonds is 5. The van der Waals surface area contributed by atoms with E-state index < -0.39 is 0 Å². The van der Waals surface area contributed by atoms with Gasteiger partial charge in [0, 0.05) is 36.1 Å². The van der Waals surface area contributed by atoms with E-state index in [0.717, 1.165) is 11.3 Å². The zero-order valence-corrected chi connectivity index (χ0v) is 15.6. The van der Waals surface area contributed by atoms with Crippen LogP contribution in [0.5, 0.6) is 0 Å². The predicted molar refractivity (Wildman–Crippen MR) is 103 cm³/mol. The van der Waals surface area contributed by atoms with E-state index in [0.29, 0.717) is 17.8 Å². The highest BCUT2D eigenvalue weighted by Crippen LogP contribution is 2.31. The molecule has 1 aliphatic heterocycles. The molecule has 0 unspecified atom stereocenters. The third kappa shape index (κ3) is 3.83. The lowest BCUT2D eigenvalue weighted by atomic mass is 10.00. The maximum atomic E-state index is 12.4. The summed E-state index contributed by atoms with van der Waals surface area (Å²) in [6.45, 7) is 8.10. The van der Waals surface area contributed by atoms with Crippen molar-refractivity contribution in [1.82, 2.24) is 15.5 Å². The third-order valence-electron chi connectivity index (χ3n) is 4.65. The Morgan fingerprint density at radius 3 is 2.42 bits per heavy atom. The van der Waals surface area contributed by atoms with Crippen molar-refractivity contribution in [3.05, 3.63) is 53.8 Å². The summed E-state index contributed by atoms with van der Waals surface area (Å²) >= 11 is 0. The van der Waals surface area contributed by atoms with Gasteiger partial charge in [-0.2, -0.15) is 0 Å². The predicted octanol–water partition coefficient (Wildman–Crippen LogP) is 1.72. The number of likely N-dealkylation sites (N-methyl/N-ethyl adjacent to an activating group) is 2. The maximum Gasteiger partial charge on any atom is 0.256 e. The van der Waals surface area contributed by atoms with E-state index in [1.165, 1.54) is 6.08 Å². The highest BCUT2D eigenvalue weighted by atomic mass is 16.2. The number of benzene rings is 1. The van der Waals surface area contributed by atoms with Crippen molar-refractivity contribution in [1.29, 1.82) is 5.41 Å². The van der Waals surface area contributed by atoms with E-state index in [1.54, 1.807) is 24.3 Å². The Labute approximate surface area is 153 Å².